The number of aliphatic hydroxyl groups excluding tert-OH is 2. The molecule has 218 valence electrons. The van der Waals surface area contributed by atoms with Gasteiger partial charge in [0.2, 0.25) is 0 Å². The first-order valence-corrected chi connectivity index (χ1v) is 14.2. The molecule has 1 aliphatic heterocycles. The lowest BCUT2D eigenvalue weighted by atomic mass is 9.85. The first-order valence-electron chi connectivity index (χ1n) is 13.5. The van der Waals surface area contributed by atoms with E-state index >= 15 is 4.39 Å². The minimum Gasteiger partial charge on any atom is -0.396 e. The van der Waals surface area contributed by atoms with Crippen LogP contribution >= 0.6 is 23.2 Å². The number of fused-ring (bicyclic) bond motifs is 1. The van der Waals surface area contributed by atoms with Crippen LogP contribution in [-0.2, 0) is 30.5 Å². The molecule has 1 aliphatic carbocycles. The number of hydrogen-bond donors (Lipinski definition) is 2. The Morgan fingerprint density at radius 3 is 2.36 bits per heavy atom. The molecule has 9 nitrogen and oxygen atoms in total. The highest BCUT2D eigenvalue weighted by Gasteiger charge is 2.59. The van der Waals surface area contributed by atoms with Crippen LogP contribution in [0.3, 0.4) is 0 Å². The van der Waals surface area contributed by atoms with E-state index in [9.17, 15) is 15.0 Å². The summed E-state index contributed by atoms with van der Waals surface area (Å²) in [5.41, 5.74) is 1.65. The molecule has 2 aromatic carbocycles. The zero-order valence-electron chi connectivity index (χ0n) is 22.7. The van der Waals surface area contributed by atoms with Crippen molar-refractivity contribution in [2.75, 3.05) is 13.2 Å². The van der Waals surface area contributed by atoms with Crippen LogP contribution < -0.4 is 0 Å². The van der Waals surface area contributed by atoms with E-state index in [1.165, 1.54) is 18.5 Å². The molecule has 2 aromatic heterocycles. The maximum absolute atomic E-state index is 17.9. The third kappa shape index (κ3) is 5.18. The number of carbonyl (C=O) groups is 1. The molecule has 1 amide bonds. The Hall–Kier alpha value is -3.41. The van der Waals surface area contributed by atoms with E-state index in [1.807, 2.05) is 0 Å². The molecule has 0 saturated heterocycles. The van der Waals surface area contributed by atoms with Gasteiger partial charge >= 0.3 is 0 Å². The molecule has 1 saturated carbocycles. The largest absolute Gasteiger partial charge is 0.396 e. The van der Waals surface area contributed by atoms with Crippen LogP contribution in [0.1, 0.15) is 45.8 Å². The van der Waals surface area contributed by atoms with E-state index in [-0.39, 0.29) is 37.2 Å². The molecular formula is C30H28Cl2FN5O4. The predicted molar refractivity (Wildman–Crippen MR) is 153 cm³/mol. The molecule has 42 heavy (non-hydrogen) atoms. The van der Waals surface area contributed by atoms with Gasteiger partial charge in [-0.3, -0.25) is 14.3 Å². The van der Waals surface area contributed by atoms with Gasteiger partial charge in [0, 0.05) is 54.5 Å². The monoisotopic (exact) mass is 611 g/mol. The fourth-order valence-electron chi connectivity index (χ4n) is 5.34. The van der Waals surface area contributed by atoms with Crippen LogP contribution in [0.25, 0.3) is 11.1 Å². The van der Waals surface area contributed by atoms with Crippen LogP contribution in [-0.4, -0.2) is 60.2 Å². The van der Waals surface area contributed by atoms with E-state index in [2.05, 4.69) is 15.1 Å². The summed E-state index contributed by atoms with van der Waals surface area (Å²) in [5, 5.41) is 27.3. The molecule has 0 spiro atoms. The van der Waals surface area contributed by atoms with Crippen molar-refractivity contribution in [3.63, 3.8) is 0 Å². The van der Waals surface area contributed by atoms with E-state index in [0.717, 1.165) is 5.56 Å². The number of hydroxylamine groups is 2. The highest BCUT2D eigenvalue weighted by Crippen LogP contribution is 2.51. The highest BCUT2D eigenvalue weighted by molar-refractivity contribution is 6.30. The number of alkyl halides is 1. The van der Waals surface area contributed by atoms with Gasteiger partial charge in [-0.15, -0.1) is 0 Å². The van der Waals surface area contributed by atoms with Gasteiger partial charge in [-0.2, -0.15) is 10.2 Å². The molecule has 4 aromatic rings. The first kappa shape index (κ1) is 28.7. The summed E-state index contributed by atoms with van der Waals surface area (Å²) in [7, 11) is 1.72. The molecule has 0 bridgehead atoms. The van der Waals surface area contributed by atoms with Crippen molar-refractivity contribution >= 4 is 29.1 Å². The number of nitrogens with zero attached hydrogens (tertiary/aromatic N) is 5. The van der Waals surface area contributed by atoms with Gasteiger partial charge in [0.05, 0.1) is 29.5 Å². The van der Waals surface area contributed by atoms with Crippen molar-refractivity contribution in [2.24, 2.45) is 12.5 Å². The second-order valence-electron chi connectivity index (χ2n) is 10.9. The van der Waals surface area contributed by atoms with Gasteiger partial charge in [0.25, 0.3) is 11.7 Å². The van der Waals surface area contributed by atoms with Gasteiger partial charge in [0.15, 0.2) is 0 Å². The number of rotatable bonds is 10. The number of aryl methyl sites for hydroxylation is 1. The molecule has 1 fully saturated rings. The van der Waals surface area contributed by atoms with Gasteiger partial charge in [-0.1, -0.05) is 41.4 Å². The second-order valence-corrected chi connectivity index (χ2v) is 11.8. The van der Waals surface area contributed by atoms with Gasteiger partial charge in [-0.25, -0.2) is 14.4 Å². The Morgan fingerprint density at radius 1 is 1.05 bits per heavy atom. The van der Waals surface area contributed by atoms with Crippen molar-refractivity contribution in [3.05, 3.63) is 99.3 Å². The van der Waals surface area contributed by atoms with Crippen LogP contribution in [0.4, 0.5) is 4.39 Å². The predicted octanol–water partition coefficient (Wildman–Crippen LogP) is 4.66. The van der Waals surface area contributed by atoms with Crippen molar-refractivity contribution in [2.45, 2.75) is 37.6 Å². The molecule has 2 N–H and O–H groups in total. The number of halogens is 3. The van der Waals surface area contributed by atoms with Crippen LogP contribution in [0.15, 0.2) is 61.1 Å². The molecule has 0 radical (unpaired) electrons. The molecule has 2 aliphatic rings. The minimum absolute atomic E-state index is 0.0297. The molecule has 1 unspecified atom stereocenters. The minimum atomic E-state index is -2.81. The zero-order valence-corrected chi connectivity index (χ0v) is 24.2. The number of benzene rings is 2. The summed E-state index contributed by atoms with van der Waals surface area (Å²) in [6, 6.07) is 12.0. The smallest absolute Gasteiger partial charge is 0.281 e. The van der Waals surface area contributed by atoms with Crippen LogP contribution in [0.2, 0.25) is 10.0 Å². The third-order valence-electron chi connectivity index (χ3n) is 7.94. The Balaban J connectivity index is 1.52. The topological polar surface area (TPSA) is 114 Å². The first-order chi connectivity index (χ1) is 20.1. The molecule has 3 heterocycles. The summed E-state index contributed by atoms with van der Waals surface area (Å²) < 4.78 is 19.5. The number of aliphatic hydroxyl groups is 2. The summed E-state index contributed by atoms with van der Waals surface area (Å²) in [6.07, 6.45) is 4.03. The average molecular weight is 612 g/mol. The van der Waals surface area contributed by atoms with Crippen molar-refractivity contribution < 1.29 is 24.2 Å². The summed E-state index contributed by atoms with van der Waals surface area (Å²) in [4.78, 5) is 28.4. The van der Waals surface area contributed by atoms with E-state index in [1.54, 1.807) is 54.3 Å². The molecule has 12 heteroatoms. The molecule has 2 atom stereocenters. The zero-order chi connectivity index (χ0) is 29.6. The summed E-state index contributed by atoms with van der Waals surface area (Å²) in [5.74, 6) is -3.20. The molecule has 6 rings (SSSR count). The van der Waals surface area contributed by atoms with E-state index < -0.39 is 23.2 Å². The fourth-order valence-corrected chi connectivity index (χ4v) is 5.57. The number of aromatic nitrogens is 4. The highest BCUT2D eigenvalue weighted by atomic mass is 35.5. The number of hydrogen-bond acceptors (Lipinski definition) is 7. The Kier molecular flexibility index (Phi) is 7.53. The van der Waals surface area contributed by atoms with Crippen molar-refractivity contribution in [1.82, 2.24) is 24.8 Å². The maximum atomic E-state index is 17.9. The average Bonchev–Trinajstić information content (AvgIpc) is 3.59. The lowest BCUT2D eigenvalue weighted by Crippen LogP contribution is -2.50. The second kappa shape index (κ2) is 11.0. The van der Waals surface area contributed by atoms with Gasteiger partial charge < -0.3 is 10.2 Å². The van der Waals surface area contributed by atoms with Gasteiger partial charge in [0.1, 0.15) is 11.9 Å². The lowest BCUT2D eigenvalue weighted by Gasteiger charge is -2.36. The van der Waals surface area contributed by atoms with E-state index in [4.69, 9.17) is 28.0 Å². The maximum Gasteiger partial charge on any atom is 0.281 e. The summed E-state index contributed by atoms with van der Waals surface area (Å²) >= 11 is 12.2. The SMILES string of the molecule is Cn1ccc(CC(O)[C@]2(F)c3c(ccc(-c4ccc(Cl)cc4)c3Cc3ncc(Cl)cn3)C(=O)N2OCC2(CO)CC2)n1. The Labute approximate surface area is 251 Å². The number of amides is 1. The Bertz CT molecular complexity index is 1630. The van der Waals surface area contributed by atoms with Crippen molar-refractivity contribution in [1.29, 1.82) is 0 Å². The van der Waals surface area contributed by atoms with Crippen LogP contribution in [0.5, 0.6) is 0 Å². The van der Waals surface area contributed by atoms with Crippen LogP contribution in [0, 0.1) is 5.41 Å². The third-order valence-corrected chi connectivity index (χ3v) is 8.39. The normalized spacial score (nSPS) is 19.7. The van der Waals surface area contributed by atoms with E-state index in [0.29, 0.717) is 50.6 Å². The van der Waals surface area contributed by atoms with Gasteiger partial charge in [-0.05, 0) is 53.8 Å². The van der Waals surface area contributed by atoms with Crippen molar-refractivity contribution in [3.8, 4) is 11.1 Å². The summed E-state index contributed by atoms with van der Waals surface area (Å²) in [6.45, 7) is -0.234. The lowest BCUT2D eigenvalue weighted by molar-refractivity contribution is -0.266. The fraction of sp³-hybridized carbons (Fsp3) is 0.333. The quantitative estimate of drug-likeness (QED) is 0.251. The standard InChI is InChI=1S/C30H28Cl2FN5O4/c1-37-11-8-21(36-37)12-25(40)30(33)27-23(28(41)38(30)42-17-29(16-39)9-10-29)7-6-22(18-2-4-19(31)5-3-18)24(27)13-26-34-14-20(32)15-35-26/h2-8,11,14-15,25,39-40H,9-10,12-13,16-17H2,1H3/t25?,30-/m1/s1. The Morgan fingerprint density at radius 2 is 1.74 bits per heavy atom. The number of carbonyl (C=O) groups excluding carboxylic acids is 1. The molecular weight excluding hydrogens is 584 g/mol.